The van der Waals surface area contributed by atoms with Crippen molar-refractivity contribution < 1.29 is 14.3 Å². The third-order valence-corrected chi connectivity index (χ3v) is 5.73. The largest absolute Gasteiger partial charge is 0.495 e. The molecule has 0 atom stereocenters. The van der Waals surface area contributed by atoms with Crippen LogP contribution in [0.1, 0.15) is 23.9 Å². The lowest BCUT2D eigenvalue weighted by Crippen LogP contribution is -2.20. The molecule has 0 saturated heterocycles. The van der Waals surface area contributed by atoms with E-state index in [2.05, 4.69) is 20.6 Å². The molecule has 0 bridgehead atoms. The SMILES string of the molecule is CCc1nnc2sc(-c3ccc(OC)c(NC(=O)COc4ccc(C)cc4C)c3)nn12. The van der Waals surface area contributed by atoms with Crippen molar-refractivity contribution in [1.82, 2.24) is 19.8 Å². The predicted octanol–water partition coefficient (Wildman–Crippen LogP) is 4.06. The molecule has 0 spiro atoms. The minimum atomic E-state index is -0.276. The zero-order chi connectivity index (χ0) is 22.0. The van der Waals surface area contributed by atoms with Crippen LogP contribution in [0.15, 0.2) is 36.4 Å². The highest BCUT2D eigenvalue weighted by Crippen LogP contribution is 2.33. The standard InChI is InChI=1S/C22H23N5O3S/c1-5-19-24-25-22-27(19)26-21(31-22)15-7-9-18(29-4)16(11-15)23-20(28)12-30-17-8-6-13(2)10-14(17)3/h6-11H,5,12H2,1-4H3,(H,23,28). The zero-order valence-electron chi connectivity index (χ0n) is 17.8. The van der Waals surface area contributed by atoms with Gasteiger partial charge in [0.15, 0.2) is 12.4 Å². The normalized spacial score (nSPS) is 11.0. The summed E-state index contributed by atoms with van der Waals surface area (Å²) in [5, 5.41) is 16.6. The van der Waals surface area contributed by atoms with Gasteiger partial charge in [-0.05, 0) is 43.7 Å². The number of carbonyl (C=O) groups is 1. The van der Waals surface area contributed by atoms with Crippen molar-refractivity contribution in [2.24, 2.45) is 0 Å². The van der Waals surface area contributed by atoms with Crippen molar-refractivity contribution in [3.05, 3.63) is 53.3 Å². The van der Waals surface area contributed by atoms with E-state index in [1.54, 1.807) is 17.7 Å². The molecule has 4 aromatic rings. The molecule has 9 heteroatoms. The molecular formula is C22H23N5O3S. The summed E-state index contributed by atoms with van der Waals surface area (Å²) in [6, 6.07) is 11.4. The molecule has 0 saturated carbocycles. The Hall–Kier alpha value is -3.46. The maximum atomic E-state index is 12.5. The van der Waals surface area contributed by atoms with Gasteiger partial charge in [-0.2, -0.15) is 9.61 Å². The molecule has 31 heavy (non-hydrogen) atoms. The Bertz CT molecular complexity index is 1250. The first-order valence-electron chi connectivity index (χ1n) is 9.88. The quantitative estimate of drug-likeness (QED) is 0.469. The van der Waals surface area contributed by atoms with Crippen LogP contribution in [0.2, 0.25) is 0 Å². The second-order valence-electron chi connectivity index (χ2n) is 7.09. The molecule has 0 aliphatic carbocycles. The van der Waals surface area contributed by atoms with Crippen molar-refractivity contribution in [1.29, 1.82) is 0 Å². The number of nitrogens with zero attached hydrogens (tertiary/aromatic N) is 4. The summed E-state index contributed by atoms with van der Waals surface area (Å²) in [6.07, 6.45) is 0.745. The minimum Gasteiger partial charge on any atom is -0.495 e. The van der Waals surface area contributed by atoms with E-state index in [0.717, 1.165) is 38.9 Å². The number of carbonyl (C=O) groups excluding carboxylic acids is 1. The number of fused-ring (bicyclic) bond motifs is 1. The first-order chi connectivity index (χ1) is 15.0. The Morgan fingerprint density at radius 1 is 1.13 bits per heavy atom. The number of amides is 1. The van der Waals surface area contributed by atoms with Gasteiger partial charge in [-0.3, -0.25) is 4.79 Å². The molecule has 0 radical (unpaired) electrons. The van der Waals surface area contributed by atoms with Gasteiger partial charge < -0.3 is 14.8 Å². The van der Waals surface area contributed by atoms with E-state index >= 15 is 0 Å². The van der Waals surface area contributed by atoms with E-state index in [0.29, 0.717) is 17.2 Å². The molecule has 8 nitrogen and oxygen atoms in total. The Labute approximate surface area is 183 Å². The van der Waals surface area contributed by atoms with Gasteiger partial charge in [-0.1, -0.05) is 36.0 Å². The number of methoxy groups -OCH3 is 1. The summed E-state index contributed by atoms with van der Waals surface area (Å²) in [6.45, 7) is 5.88. The van der Waals surface area contributed by atoms with Gasteiger partial charge >= 0.3 is 0 Å². The number of aromatic nitrogens is 4. The lowest BCUT2D eigenvalue weighted by molar-refractivity contribution is -0.118. The average Bonchev–Trinajstić information content (AvgIpc) is 3.34. The minimum absolute atomic E-state index is 0.103. The summed E-state index contributed by atoms with van der Waals surface area (Å²) in [5.74, 6) is 1.78. The monoisotopic (exact) mass is 437 g/mol. The van der Waals surface area contributed by atoms with Gasteiger partial charge in [-0.25, -0.2) is 0 Å². The molecule has 2 heterocycles. The van der Waals surface area contributed by atoms with Crippen LogP contribution in [0.4, 0.5) is 5.69 Å². The van der Waals surface area contributed by atoms with Gasteiger partial charge in [0, 0.05) is 12.0 Å². The van der Waals surface area contributed by atoms with Crippen LogP contribution in [0.5, 0.6) is 11.5 Å². The maximum absolute atomic E-state index is 12.5. The molecule has 1 N–H and O–H groups in total. The zero-order valence-corrected chi connectivity index (χ0v) is 18.6. The fourth-order valence-corrected chi connectivity index (χ4v) is 4.08. The van der Waals surface area contributed by atoms with Crippen LogP contribution in [0.25, 0.3) is 15.5 Å². The topological polar surface area (TPSA) is 90.6 Å². The average molecular weight is 438 g/mol. The van der Waals surface area contributed by atoms with E-state index in [-0.39, 0.29) is 12.5 Å². The molecule has 2 aromatic carbocycles. The molecule has 160 valence electrons. The molecule has 0 unspecified atom stereocenters. The van der Waals surface area contributed by atoms with Crippen LogP contribution in [0.3, 0.4) is 0 Å². The molecule has 4 rings (SSSR count). The fourth-order valence-electron chi connectivity index (χ4n) is 3.22. The van der Waals surface area contributed by atoms with Crippen LogP contribution >= 0.6 is 11.3 Å². The van der Waals surface area contributed by atoms with Crippen molar-refractivity contribution in [2.45, 2.75) is 27.2 Å². The van der Waals surface area contributed by atoms with Gasteiger partial charge in [-0.15, -0.1) is 10.2 Å². The molecule has 2 aromatic heterocycles. The fraction of sp³-hybridized carbons (Fsp3) is 0.273. The Morgan fingerprint density at radius 3 is 2.68 bits per heavy atom. The highest BCUT2D eigenvalue weighted by molar-refractivity contribution is 7.19. The number of hydrogen-bond donors (Lipinski definition) is 1. The first kappa shape index (κ1) is 20.8. The third-order valence-electron chi connectivity index (χ3n) is 4.78. The van der Waals surface area contributed by atoms with Crippen LogP contribution in [-0.4, -0.2) is 39.4 Å². The smallest absolute Gasteiger partial charge is 0.262 e. The summed E-state index contributed by atoms with van der Waals surface area (Å²) in [4.78, 5) is 13.3. The van der Waals surface area contributed by atoms with Crippen molar-refractivity contribution in [3.8, 4) is 22.1 Å². The lowest BCUT2D eigenvalue weighted by atomic mass is 10.1. The van der Waals surface area contributed by atoms with Crippen molar-refractivity contribution in [2.75, 3.05) is 19.0 Å². The van der Waals surface area contributed by atoms with E-state index in [1.807, 2.05) is 51.1 Å². The van der Waals surface area contributed by atoms with Gasteiger partial charge in [0.2, 0.25) is 4.96 Å². The predicted molar refractivity (Wildman–Crippen MR) is 120 cm³/mol. The second kappa shape index (κ2) is 8.73. The summed E-state index contributed by atoms with van der Waals surface area (Å²) in [5.41, 5.74) is 3.54. The number of rotatable bonds is 7. The van der Waals surface area contributed by atoms with E-state index in [9.17, 15) is 4.79 Å². The molecular weight excluding hydrogens is 414 g/mol. The summed E-state index contributed by atoms with van der Waals surface area (Å²) < 4.78 is 12.9. The van der Waals surface area contributed by atoms with Crippen LogP contribution in [0, 0.1) is 13.8 Å². The lowest BCUT2D eigenvalue weighted by Gasteiger charge is -2.13. The first-order valence-corrected chi connectivity index (χ1v) is 10.7. The third kappa shape index (κ3) is 4.36. The number of benzene rings is 2. The molecule has 1 amide bonds. The van der Waals surface area contributed by atoms with Crippen LogP contribution < -0.4 is 14.8 Å². The number of ether oxygens (including phenoxy) is 2. The highest BCUT2D eigenvalue weighted by atomic mass is 32.1. The van der Waals surface area contributed by atoms with Gasteiger partial charge in [0.25, 0.3) is 5.91 Å². The van der Waals surface area contributed by atoms with E-state index in [1.165, 1.54) is 11.3 Å². The van der Waals surface area contributed by atoms with Crippen LogP contribution in [-0.2, 0) is 11.2 Å². The number of hydrogen-bond acceptors (Lipinski definition) is 7. The number of nitrogens with one attached hydrogen (secondary N) is 1. The molecule has 0 aliphatic rings. The molecule has 0 aliphatic heterocycles. The van der Waals surface area contributed by atoms with Crippen molar-refractivity contribution in [3.63, 3.8) is 0 Å². The summed E-state index contributed by atoms with van der Waals surface area (Å²) >= 11 is 1.44. The Morgan fingerprint density at radius 2 is 1.94 bits per heavy atom. The van der Waals surface area contributed by atoms with E-state index in [4.69, 9.17) is 9.47 Å². The Kier molecular flexibility index (Phi) is 5.85. The maximum Gasteiger partial charge on any atom is 0.262 e. The van der Waals surface area contributed by atoms with Gasteiger partial charge in [0.05, 0.1) is 12.8 Å². The van der Waals surface area contributed by atoms with E-state index < -0.39 is 0 Å². The Balaban J connectivity index is 1.52. The number of aryl methyl sites for hydroxylation is 3. The summed E-state index contributed by atoms with van der Waals surface area (Å²) in [7, 11) is 1.56. The highest BCUT2D eigenvalue weighted by Gasteiger charge is 2.15. The van der Waals surface area contributed by atoms with Gasteiger partial charge in [0.1, 0.15) is 16.5 Å². The number of anilines is 1. The van der Waals surface area contributed by atoms with Crippen molar-refractivity contribution >= 4 is 27.9 Å². The second-order valence-corrected chi connectivity index (χ2v) is 8.05. The molecule has 0 fully saturated rings.